The molecule has 0 saturated carbocycles. The Bertz CT molecular complexity index is 489. The molecule has 1 aliphatic heterocycles. The molecule has 6 nitrogen and oxygen atoms in total. The largest absolute Gasteiger partial charge is 0.325 e. The van der Waals surface area contributed by atoms with Crippen LogP contribution in [0.25, 0.3) is 0 Å². The van der Waals surface area contributed by atoms with Gasteiger partial charge in [0.25, 0.3) is 0 Å². The van der Waals surface area contributed by atoms with E-state index in [0.29, 0.717) is 19.5 Å². The van der Waals surface area contributed by atoms with Crippen LogP contribution < -0.4 is 11.1 Å². The summed E-state index contributed by atoms with van der Waals surface area (Å²) >= 11 is 0. The van der Waals surface area contributed by atoms with Crippen LogP contribution in [0.15, 0.2) is 18.3 Å². The number of imide groups is 1. The van der Waals surface area contributed by atoms with Gasteiger partial charge in [-0.25, -0.2) is 0 Å². The lowest BCUT2D eigenvalue weighted by Crippen LogP contribution is -2.57. The van der Waals surface area contributed by atoms with Crippen molar-refractivity contribution in [2.45, 2.75) is 32.5 Å². The predicted molar refractivity (Wildman–Crippen MR) is 69.8 cm³/mol. The van der Waals surface area contributed by atoms with E-state index >= 15 is 0 Å². The fourth-order valence-electron chi connectivity index (χ4n) is 2.35. The molecule has 1 aromatic heterocycles. The number of nitrogens with one attached hydrogen (secondary N) is 1. The summed E-state index contributed by atoms with van der Waals surface area (Å²) in [4.78, 5) is 29.3. The summed E-state index contributed by atoms with van der Waals surface area (Å²) in [6.45, 7) is 3.02. The van der Waals surface area contributed by atoms with Crippen molar-refractivity contribution in [3.63, 3.8) is 0 Å². The number of nitrogens with zero attached hydrogens (tertiary/aromatic N) is 2. The third-order valence-corrected chi connectivity index (χ3v) is 3.29. The first-order valence-corrected chi connectivity index (χ1v) is 6.36. The van der Waals surface area contributed by atoms with Crippen molar-refractivity contribution in [2.24, 2.45) is 5.73 Å². The molecule has 102 valence electrons. The Labute approximate surface area is 112 Å². The van der Waals surface area contributed by atoms with E-state index in [4.69, 9.17) is 5.73 Å². The topological polar surface area (TPSA) is 88.3 Å². The number of amides is 2. The van der Waals surface area contributed by atoms with E-state index in [9.17, 15) is 9.59 Å². The molecule has 0 spiro atoms. The highest BCUT2D eigenvalue weighted by Gasteiger charge is 2.32. The first kappa shape index (κ1) is 13.6. The number of piperazine rings is 1. The number of aromatic nitrogens is 1. The van der Waals surface area contributed by atoms with Crippen LogP contribution in [0, 0.1) is 0 Å². The average Bonchev–Trinajstić information content (AvgIpc) is 2.39. The van der Waals surface area contributed by atoms with Crippen LogP contribution in [-0.2, 0) is 22.7 Å². The van der Waals surface area contributed by atoms with Gasteiger partial charge in [0, 0.05) is 19.3 Å². The summed E-state index contributed by atoms with van der Waals surface area (Å²) in [7, 11) is 0. The zero-order valence-corrected chi connectivity index (χ0v) is 10.9. The molecular weight excluding hydrogens is 244 g/mol. The van der Waals surface area contributed by atoms with Gasteiger partial charge in [-0.2, -0.15) is 0 Å². The Morgan fingerprint density at radius 2 is 2.32 bits per heavy atom. The molecule has 19 heavy (non-hydrogen) atoms. The third kappa shape index (κ3) is 2.97. The lowest BCUT2D eigenvalue weighted by Gasteiger charge is -2.33. The number of carbonyl (C=O) groups is 2. The number of nitrogens with two attached hydrogens (primary N) is 1. The van der Waals surface area contributed by atoms with Crippen LogP contribution in [0.2, 0.25) is 0 Å². The summed E-state index contributed by atoms with van der Waals surface area (Å²) in [6, 6.07) is 3.49. The Kier molecular flexibility index (Phi) is 4.24. The van der Waals surface area contributed by atoms with Crippen molar-refractivity contribution in [1.29, 1.82) is 0 Å². The van der Waals surface area contributed by atoms with Crippen LogP contribution in [-0.4, -0.2) is 34.3 Å². The van der Waals surface area contributed by atoms with E-state index in [1.807, 2.05) is 24.0 Å². The molecule has 0 aromatic carbocycles. The van der Waals surface area contributed by atoms with Gasteiger partial charge in [-0.15, -0.1) is 0 Å². The van der Waals surface area contributed by atoms with Gasteiger partial charge in [0.1, 0.15) is 0 Å². The van der Waals surface area contributed by atoms with Gasteiger partial charge in [0.15, 0.2) is 0 Å². The monoisotopic (exact) mass is 262 g/mol. The van der Waals surface area contributed by atoms with Gasteiger partial charge in [0.05, 0.1) is 18.3 Å². The maximum atomic E-state index is 11.8. The standard InChI is InChI=1S/C13H18N4O2/c1-2-11-13(19)16-12(18)8-17(11)7-9-4-3-5-15-10(9)6-14/h3-5,11H,2,6-8,14H2,1H3,(H,16,18,19). The average molecular weight is 262 g/mol. The quantitative estimate of drug-likeness (QED) is 0.732. The minimum absolute atomic E-state index is 0.225. The zero-order chi connectivity index (χ0) is 13.8. The molecule has 2 rings (SSSR count). The van der Waals surface area contributed by atoms with E-state index in [-0.39, 0.29) is 24.4 Å². The Hall–Kier alpha value is -1.79. The summed E-state index contributed by atoms with van der Waals surface area (Å²) < 4.78 is 0. The van der Waals surface area contributed by atoms with Crippen LogP contribution >= 0.6 is 0 Å². The minimum atomic E-state index is -0.275. The molecule has 0 radical (unpaired) electrons. The van der Waals surface area contributed by atoms with Crippen LogP contribution in [0.4, 0.5) is 0 Å². The first-order valence-electron chi connectivity index (χ1n) is 6.36. The van der Waals surface area contributed by atoms with Crippen molar-refractivity contribution in [2.75, 3.05) is 6.54 Å². The molecule has 1 fully saturated rings. The SMILES string of the molecule is CCC1C(=O)NC(=O)CN1Cc1cccnc1CN. The highest BCUT2D eigenvalue weighted by molar-refractivity contribution is 6.01. The number of hydrogen-bond acceptors (Lipinski definition) is 5. The van der Waals surface area contributed by atoms with Crippen LogP contribution in [0.5, 0.6) is 0 Å². The van der Waals surface area contributed by atoms with Gasteiger partial charge < -0.3 is 5.73 Å². The summed E-state index contributed by atoms with van der Waals surface area (Å²) in [5, 5.41) is 2.36. The molecule has 1 aromatic rings. The molecule has 6 heteroatoms. The van der Waals surface area contributed by atoms with E-state index in [0.717, 1.165) is 11.3 Å². The van der Waals surface area contributed by atoms with Crippen molar-refractivity contribution in [1.82, 2.24) is 15.2 Å². The fraction of sp³-hybridized carbons (Fsp3) is 0.462. The smallest absolute Gasteiger partial charge is 0.243 e. The second-order valence-electron chi connectivity index (χ2n) is 4.55. The zero-order valence-electron chi connectivity index (χ0n) is 10.9. The van der Waals surface area contributed by atoms with Gasteiger partial charge in [-0.3, -0.25) is 24.8 Å². The van der Waals surface area contributed by atoms with Crippen molar-refractivity contribution in [3.05, 3.63) is 29.6 Å². The summed E-state index contributed by atoms with van der Waals surface area (Å²) in [5.41, 5.74) is 7.42. The fourth-order valence-corrected chi connectivity index (χ4v) is 2.35. The van der Waals surface area contributed by atoms with Gasteiger partial charge in [0.2, 0.25) is 11.8 Å². The van der Waals surface area contributed by atoms with Gasteiger partial charge in [-0.1, -0.05) is 13.0 Å². The Balaban J connectivity index is 2.20. The molecule has 1 saturated heterocycles. The van der Waals surface area contributed by atoms with E-state index in [2.05, 4.69) is 10.3 Å². The molecule has 1 aliphatic rings. The molecule has 0 bridgehead atoms. The predicted octanol–water partition coefficient (Wildman–Crippen LogP) is -0.223. The molecule has 2 heterocycles. The van der Waals surface area contributed by atoms with Crippen molar-refractivity contribution < 1.29 is 9.59 Å². The maximum Gasteiger partial charge on any atom is 0.243 e. The molecular formula is C13H18N4O2. The van der Waals surface area contributed by atoms with Crippen molar-refractivity contribution in [3.8, 4) is 0 Å². The third-order valence-electron chi connectivity index (χ3n) is 3.29. The summed E-state index contributed by atoms with van der Waals surface area (Å²) in [6.07, 6.45) is 2.36. The van der Waals surface area contributed by atoms with E-state index < -0.39 is 0 Å². The summed E-state index contributed by atoms with van der Waals surface area (Å²) in [5.74, 6) is -0.482. The molecule has 1 unspecified atom stereocenters. The number of hydrogen-bond donors (Lipinski definition) is 2. The van der Waals surface area contributed by atoms with Crippen LogP contribution in [0.3, 0.4) is 0 Å². The normalized spacial score (nSPS) is 20.4. The Morgan fingerprint density at radius 1 is 1.53 bits per heavy atom. The second-order valence-corrected chi connectivity index (χ2v) is 4.55. The first-order chi connectivity index (χ1) is 9.15. The lowest BCUT2D eigenvalue weighted by atomic mass is 10.1. The van der Waals surface area contributed by atoms with Crippen LogP contribution in [0.1, 0.15) is 24.6 Å². The Morgan fingerprint density at radius 3 is 3.00 bits per heavy atom. The van der Waals surface area contributed by atoms with Crippen molar-refractivity contribution >= 4 is 11.8 Å². The highest BCUT2D eigenvalue weighted by Crippen LogP contribution is 2.15. The van der Waals surface area contributed by atoms with E-state index in [1.54, 1.807) is 6.20 Å². The molecule has 0 aliphatic carbocycles. The molecule has 2 amide bonds. The molecule has 3 N–H and O–H groups in total. The van der Waals surface area contributed by atoms with Gasteiger partial charge >= 0.3 is 0 Å². The number of pyridine rings is 1. The number of rotatable bonds is 4. The van der Waals surface area contributed by atoms with E-state index in [1.165, 1.54) is 0 Å². The lowest BCUT2D eigenvalue weighted by molar-refractivity contribution is -0.140. The molecule has 1 atom stereocenters. The van der Waals surface area contributed by atoms with Gasteiger partial charge in [-0.05, 0) is 18.1 Å². The maximum absolute atomic E-state index is 11.8. The minimum Gasteiger partial charge on any atom is -0.325 e. The highest BCUT2D eigenvalue weighted by atomic mass is 16.2. The number of carbonyl (C=O) groups excluding carboxylic acids is 2. The second kappa shape index (κ2) is 5.90.